The van der Waals surface area contributed by atoms with Crippen molar-refractivity contribution < 1.29 is 116 Å². The number of ether oxygens (including phenoxy) is 13. The summed E-state index contributed by atoms with van der Waals surface area (Å²) in [4.78, 5) is 102. The zero-order valence-corrected chi connectivity index (χ0v) is 62.5. The third-order valence-corrected chi connectivity index (χ3v) is 21.1. The molecule has 7 aliphatic rings. The van der Waals surface area contributed by atoms with Crippen LogP contribution in [0, 0.1) is 5.41 Å². The van der Waals surface area contributed by atoms with E-state index in [1.165, 1.54) is 48.3 Å². The average Bonchev–Trinajstić information content (AvgIpc) is 1.58. The van der Waals surface area contributed by atoms with Crippen molar-refractivity contribution in [2.24, 2.45) is 5.41 Å². The van der Waals surface area contributed by atoms with E-state index in [1.807, 2.05) is 53.4 Å². The number of aliphatic hydroxyl groups is 3. The smallest absolute Gasteiger partial charge is 0.414 e. The lowest BCUT2D eigenvalue weighted by molar-refractivity contribution is -0.271. The van der Waals surface area contributed by atoms with Gasteiger partial charge in [-0.25, -0.2) is 19.2 Å². The molecule has 30 nitrogen and oxygen atoms in total. The molecular formula is C82H94N6O24. The summed E-state index contributed by atoms with van der Waals surface area (Å²) in [5.74, 6) is -1.75. The first-order valence-electron chi connectivity index (χ1n) is 37.7. The number of hydrogen-bond acceptors (Lipinski definition) is 23. The standard InChI is InChI=1S/C82H94N6O24/c1-4-26-108-80(98)86-45-53-38-51-14-6-7-15-52(51)44-85(53)75(93)59-39-66(100-2)68(41-63(59)86)106-27-12-5-13-28-107-69-42-64-60(40-67(69)101-3)76(94)88-49-82(23-24-82)43-54(88)46-87(64)81(99)110-47-50-20-21-65(111-78-73(92)71(90)72(91)74(112-78)77(95)96)62(37-50)84-70(89)22-29-102-31-33-104-35-36-105-34-32-103-30-25-83-79(97)109-48-61-57-18-10-8-16-55(57)56-17-9-11-19-58(56)61/h4,6-11,14-21,37,39-42,53-54,61,71-74,78,90-92H,1,5,12-13,22-36,38,43-49H2,2-3H3,(H,83,97)(H,84,89)(H,95,96)/t53-,54-,71-,72-,73+,74-,78+/m0/s1. The summed E-state index contributed by atoms with van der Waals surface area (Å²) < 4.78 is 75.3. The van der Waals surface area contributed by atoms with Gasteiger partial charge in [0.1, 0.15) is 43.9 Å². The molecule has 0 aromatic heterocycles. The van der Waals surface area contributed by atoms with Gasteiger partial charge in [0.05, 0.1) is 134 Å². The number of amides is 6. The molecule has 6 amide bonds. The number of rotatable bonds is 35. The maximum Gasteiger partial charge on any atom is 0.414 e. The molecule has 3 fully saturated rings. The van der Waals surface area contributed by atoms with Crippen LogP contribution in [0.5, 0.6) is 28.7 Å². The lowest BCUT2D eigenvalue weighted by Crippen LogP contribution is -2.61. The molecule has 1 saturated carbocycles. The number of carbonyl (C=O) groups excluding carboxylic acids is 6. The summed E-state index contributed by atoms with van der Waals surface area (Å²) in [5.41, 5.74) is 7.99. The predicted molar refractivity (Wildman–Crippen MR) is 403 cm³/mol. The number of nitrogens with one attached hydrogen (secondary N) is 2. The number of aliphatic hydroxyl groups excluding tert-OH is 3. The van der Waals surface area contributed by atoms with Gasteiger partial charge in [-0.1, -0.05) is 91.5 Å². The highest BCUT2D eigenvalue weighted by Crippen LogP contribution is 2.56. The average molecular weight is 1550 g/mol. The Labute approximate surface area is 647 Å². The van der Waals surface area contributed by atoms with Crippen molar-refractivity contribution in [3.63, 3.8) is 0 Å². The van der Waals surface area contributed by atoms with Crippen LogP contribution >= 0.6 is 0 Å². The topological polar surface area (TPSA) is 357 Å². The second-order valence-electron chi connectivity index (χ2n) is 28.5. The van der Waals surface area contributed by atoms with Crippen LogP contribution in [0.25, 0.3) is 11.1 Å². The highest BCUT2D eigenvalue weighted by molar-refractivity contribution is 6.07. The third-order valence-electron chi connectivity index (χ3n) is 21.1. The normalized spacial score (nSPS) is 20.3. The fraction of sp³-hybridized carbons (Fsp3) is 0.451. The van der Waals surface area contributed by atoms with Crippen LogP contribution in [0.15, 0.2) is 128 Å². The monoisotopic (exact) mass is 1550 g/mol. The quantitative estimate of drug-likeness (QED) is 0.0123. The summed E-state index contributed by atoms with van der Waals surface area (Å²) in [5, 5.41) is 47.1. The molecule has 112 heavy (non-hydrogen) atoms. The molecule has 7 atom stereocenters. The number of fused-ring (bicyclic) bond motifs is 8. The van der Waals surface area contributed by atoms with Crippen molar-refractivity contribution in [2.45, 2.75) is 113 Å². The van der Waals surface area contributed by atoms with Gasteiger partial charge in [0.15, 0.2) is 29.1 Å². The van der Waals surface area contributed by atoms with Gasteiger partial charge in [0.2, 0.25) is 12.2 Å². The summed E-state index contributed by atoms with van der Waals surface area (Å²) in [6.45, 7) is 6.99. The number of unbranched alkanes of at least 4 members (excludes halogenated alkanes) is 2. The van der Waals surface area contributed by atoms with Crippen molar-refractivity contribution in [3.8, 4) is 39.9 Å². The molecule has 30 heteroatoms. The van der Waals surface area contributed by atoms with E-state index in [2.05, 4.69) is 41.5 Å². The number of carboxylic acids is 1. The Morgan fingerprint density at radius 1 is 0.598 bits per heavy atom. The second-order valence-corrected chi connectivity index (χ2v) is 28.5. The van der Waals surface area contributed by atoms with Gasteiger partial charge in [0.25, 0.3) is 11.8 Å². The zero-order valence-electron chi connectivity index (χ0n) is 62.5. The van der Waals surface area contributed by atoms with Crippen LogP contribution < -0.4 is 44.1 Å². The van der Waals surface area contributed by atoms with E-state index in [1.54, 1.807) is 29.2 Å². The van der Waals surface area contributed by atoms with E-state index >= 15 is 0 Å². The minimum atomic E-state index is -2.01. The number of anilines is 3. The van der Waals surface area contributed by atoms with Crippen molar-refractivity contribution >= 4 is 59.0 Å². The Balaban J connectivity index is 0.587. The van der Waals surface area contributed by atoms with Crippen LogP contribution in [0.1, 0.15) is 99.4 Å². The van der Waals surface area contributed by atoms with Crippen molar-refractivity contribution in [3.05, 3.63) is 167 Å². The largest absolute Gasteiger partial charge is 0.493 e. The van der Waals surface area contributed by atoms with E-state index in [4.69, 9.17) is 61.6 Å². The number of nitrogens with zero attached hydrogens (tertiary/aromatic N) is 4. The molecule has 6 aromatic rings. The molecule has 5 aliphatic heterocycles. The van der Waals surface area contributed by atoms with Crippen LogP contribution in [0.4, 0.5) is 31.4 Å². The van der Waals surface area contributed by atoms with Gasteiger partial charge in [-0.3, -0.25) is 24.2 Å². The van der Waals surface area contributed by atoms with E-state index in [0.717, 1.165) is 46.2 Å². The van der Waals surface area contributed by atoms with Gasteiger partial charge in [-0.05, 0) is 114 Å². The Hall–Kier alpha value is -10.6. The SMILES string of the molecule is C=CCOC(=O)N1C[C@@H]2Cc3ccccc3CN2C(=O)c2cc(OC)c(OCCCCCOc3cc4c(cc3OC)C(=O)N3CC5(CC5)C[C@H]3CN4C(=O)OCc3ccc(O[C@@H]4O[C@H](C(=O)O)[C@@H](O)[C@H](O)[C@H]4O)c(NC(=O)CCOCCOCCOCCOCCNC(=O)OCC4c5ccccc5-c5ccccc54)c3)cc21. The van der Waals surface area contributed by atoms with Crippen LogP contribution in [0.3, 0.4) is 0 Å². The summed E-state index contributed by atoms with van der Waals surface area (Å²) in [6, 6.07) is 34.2. The number of methoxy groups -OCH3 is 2. The van der Waals surface area contributed by atoms with Crippen LogP contribution in [0.2, 0.25) is 0 Å². The fourth-order valence-corrected chi connectivity index (χ4v) is 15.1. The highest BCUT2D eigenvalue weighted by atomic mass is 16.7. The van der Waals surface area contributed by atoms with Gasteiger partial charge < -0.3 is 102 Å². The van der Waals surface area contributed by atoms with Crippen molar-refractivity contribution in [2.75, 3.05) is 135 Å². The zero-order chi connectivity index (χ0) is 78.4. The van der Waals surface area contributed by atoms with Crippen molar-refractivity contribution in [1.82, 2.24) is 15.1 Å². The van der Waals surface area contributed by atoms with Crippen molar-refractivity contribution in [1.29, 1.82) is 0 Å². The van der Waals surface area contributed by atoms with Gasteiger partial charge in [-0.2, -0.15) is 0 Å². The lowest BCUT2D eigenvalue weighted by atomic mass is 9.93. The van der Waals surface area contributed by atoms with E-state index < -0.39 is 60.9 Å². The van der Waals surface area contributed by atoms with Crippen LogP contribution in [-0.2, 0) is 67.1 Å². The minimum absolute atomic E-state index is 0.0247. The number of alkyl carbamates (subject to hydrolysis) is 1. The molecule has 5 heterocycles. The molecule has 0 unspecified atom stereocenters. The first-order chi connectivity index (χ1) is 54.4. The second kappa shape index (κ2) is 36.7. The molecule has 2 aliphatic carbocycles. The minimum Gasteiger partial charge on any atom is -0.493 e. The summed E-state index contributed by atoms with van der Waals surface area (Å²) >= 11 is 0. The molecule has 1 spiro atoms. The maximum atomic E-state index is 14.7. The Bertz CT molecular complexity index is 4360. The highest BCUT2D eigenvalue weighted by Gasteiger charge is 2.55. The number of aliphatic carboxylic acids is 1. The van der Waals surface area contributed by atoms with E-state index in [9.17, 15) is 54.0 Å². The first-order valence-corrected chi connectivity index (χ1v) is 37.7. The molecule has 6 N–H and O–H groups in total. The first kappa shape index (κ1) is 79.5. The molecule has 2 saturated heterocycles. The van der Waals surface area contributed by atoms with Gasteiger partial charge >= 0.3 is 24.2 Å². The third kappa shape index (κ3) is 18.5. The van der Waals surface area contributed by atoms with Gasteiger partial charge in [0, 0.05) is 44.2 Å². The van der Waals surface area contributed by atoms with E-state index in [0.29, 0.717) is 74.6 Å². The molecule has 0 radical (unpaired) electrons. The summed E-state index contributed by atoms with van der Waals surface area (Å²) in [7, 11) is 2.94. The number of benzene rings is 6. The van der Waals surface area contributed by atoms with Gasteiger partial charge in [-0.15, -0.1) is 0 Å². The Morgan fingerprint density at radius 3 is 1.79 bits per heavy atom. The fourth-order valence-electron chi connectivity index (χ4n) is 15.1. The predicted octanol–water partition coefficient (Wildman–Crippen LogP) is 8.40. The van der Waals surface area contributed by atoms with E-state index in [-0.39, 0.29) is 180 Å². The molecule has 13 rings (SSSR count). The maximum absolute atomic E-state index is 14.7. The molecule has 6 aromatic carbocycles. The molecule has 596 valence electrons. The summed E-state index contributed by atoms with van der Waals surface area (Å²) in [6.07, 6.45) is -5.60. The Morgan fingerprint density at radius 2 is 1.18 bits per heavy atom. The molecule has 0 bridgehead atoms. The number of hydrogen-bond donors (Lipinski definition) is 6. The van der Waals surface area contributed by atoms with Crippen LogP contribution in [-0.4, -0.2) is 235 Å². The number of carboxylic acid groups (broad SMARTS) is 1. The number of carbonyl (C=O) groups is 7. The molecular weight excluding hydrogens is 1450 g/mol. The Kier molecular flexibility index (Phi) is 26.1. The lowest BCUT2D eigenvalue weighted by Gasteiger charge is -2.38.